The summed E-state index contributed by atoms with van der Waals surface area (Å²) in [5.41, 5.74) is 0.898. The molecule has 0 fully saturated rings. The number of aliphatic hydroxyl groups excluding tert-OH is 1. The molecule has 164 valence electrons. The van der Waals surface area contributed by atoms with E-state index in [4.69, 9.17) is 18.7 Å². The Kier molecular flexibility index (Phi) is 16.4. The van der Waals surface area contributed by atoms with Crippen molar-refractivity contribution in [3.8, 4) is 5.75 Å². The number of hydrogen-bond donors (Lipinski definition) is 2. The molecule has 29 heavy (non-hydrogen) atoms. The quantitative estimate of drug-likeness (QED) is 0.329. The molecule has 9 heteroatoms. The molecule has 0 spiro atoms. The first-order chi connectivity index (χ1) is 13.9. The van der Waals surface area contributed by atoms with Crippen molar-refractivity contribution in [3.05, 3.63) is 54.6 Å². The molecule has 0 aliphatic heterocycles. The molecule has 1 rings (SSSR count). The average Bonchev–Trinajstić information content (AvgIpc) is 2.70. The van der Waals surface area contributed by atoms with Gasteiger partial charge >= 0.3 is 5.97 Å². The molecule has 0 aliphatic carbocycles. The second-order valence-corrected chi connectivity index (χ2v) is 7.27. The minimum atomic E-state index is -0.986. The lowest BCUT2D eigenvalue weighted by atomic mass is 9.95. The minimum Gasteiger partial charge on any atom is -0.479 e. The predicted molar refractivity (Wildman–Crippen MR) is 127 cm³/mol. The smallest absolute Gasteiger partial charge is 0.339 e. The van der Waals surface area contributed by atoms with Gasteiger partial charge in [0.1, 0.15) is 11.3 Å². The fraction of sp³-hybridized carbons (Fsp3) is 0.450. The first-order valence-corrected chi connectivity index (χ1v) is 10.6. The third-order valence-corrected chi connectivity index (χ3v) is 5.08. The zero-order valence-corrected chi connectivity index (χ0v) is 20.3. The van der Waals surface area contributed by atoms with Gasteiger partial charge < -0.3 is 23.8 Å². The van der Waals surface area contributed by atoms with Crippen LogP contribution >= 0.6 is 28.4 Å². The molecular weight excluding hydrogens is 429 g/mol. The first-order valence-electron chi connectivity index (χ1n) is 9.15. The van der Waals surface area contributed by atoms with Crippen molar-refractivity contribution < 1.29 is 28.6 Å². The number of aromatic carboxylic acids is 1. The molecule has 3 unspecified atom stereocenters. The molecule has 0 bridgehead atoms. The summed E-state index contributed by atoms with van der Waals surface area (Å²) in [7, 11) is 6.49. The van der Waals surface area contributed by atoms with E-state index in [0.29, 0.717) is 43.1 Å². The third kappa shape index (κ3) is 11.2. The van der Waals surface area contributed by atoms with Crippen LogP contribution < -0.4 is 4.52 Å². The molecule has 0 saturated heterocycles. The van der Waals surface area contributed by atoms with Crippen molar-refractivity contribution in [2.45, 2.75) is 44.8 Å². The molecule has 0 radical (unpaired) electrons. The van der Waals surface area contributed by atoms with E-state index in [1.54, 1.807) is 24.3 Å². The van der Waals surface area contributed by atoms with Crippen molar-refractivity contribution in [2.24, 2.45) is 5.92 Å². The molecule has 0 aliphatic rings. The zero-order chi connectivity index (χ0) is 22.2. The highest BCUT2D eigenvalue weighted by Gasteiger charge is 2.19. The fourth-order valence-corrected chi connectivity index (χ4v) is 3.38. The van der Waals surface area contributed by atoms with Crippen molar-refractivity contribution in [1.82, 2.24) is 0 Å². The van der Waals surface area contributed by atoms with Crippen LogP contribution in [0.25, 0.3) is 0 Å². The van der Waals surface area contributed by atoms with Gasteiger partial charge in [0, 0.05) is 25.4 Å². The Morgan fingerprint density at radius 1 is 1.24 bits per heavy atom. The van der Waals surface area contributed by atoms with Crippen LogP contribution in [0.15, 0.2) is 43.5 Å². The van der Waals surface area contributed by atoms with Gasteiger partial charge in [0.25, 0.3) is 0 Å². The Hall–Kier alpha value is -0.860. The summed E-state index contributed by atoms with van der Waals surface area (Å²) < 4.78 is 15.0. The highest BCUT2D eigenvalue weighted by atomic mass is 31.0. The molecular formula is C20H33O6P3. The van der Waals surface area contributed by atoms with Gasteiger partial charge in [0.05, 0.1) is 28.3 Å². The molecule has 1 aromatic carbocycles. The van der Waals surface area contributed by atoms with Gasteiger partial charge in [-0.15, -0.1) is 13.2 Å². The highest BCUT2D eigenvalue weighted by molar-refractivity contribution is 7.10. The third-order valence-electron chi connectivity index (χ3n) is 4.24. The molecule has 6 atom stereocenters. The number of hydrogen-bond acceptors (Lipinski definition) is 5. The lowest BCUT2D eigenvalue weighted by molar-refractivity contribution is 0.0657. The van der Waals surface area contributed by atoms with Crippen LogP contribution in [0, 0.1) is 5.92 Å². The Morgan fingerprint density at radius 3 is 2.41 bits per heavy atom. The molecule has 0 heterocycles. The summed E-state index contributed by atoms with van der Waals surface area (Å²) in [5, 5.41) is 18.7. The zero-order valence-electron chi connectivity index (χ0n) is 16.8. The van der Waals surface area contributed by atoms with Crippen LogP contribution in [0.3, 0.4) is 0 Å². The molecule has 0 amide bonds. The van der Waals surface area contributed by atoms with Crippen LogP contribution in [0.4, 0.5) is 0 Å². The topological polar surface area (TPSA) is 85.2 Å². The van der Waals surface area contributed by atoms with Crippen molar-refractivity contribution in [1.29, 1.82) is 0 Å². The number of carboxylic acids is 1. The number of benzene rings is 1. The van der Waals surface area contributed by atoms with Gasteiger partial charge in [-0.3, -0.25) is 0 Å². The van der Waals surface area contributed by atoms with E-state index >= 15 is 0 Å². The monoisotopic (exact) mass is 462 g/mol. The summed E-state index contributed by atoms with van der Waals surface area (Å²) in [6, 6.07) is 5.12. The van der Waals surface area contributed by atoms with Crippen LogP contribution in [0.1, 0.15) is 42.1 Å². The lowest BCUT2D eigenvalue weighted by Crippen LogP contribution is -2.25. The standard InChI is InChI=1S/C10H22O3P2.C10H11O3P/c1-3-4-8(2)10(13-15)7-9(11)5-6-12-14;1-2-4-7-5-3-6-8(13-14)9(7)10(11)12/h3,8-11H,1,4-7,14-15H2,2H3;2-3,5-6H,1,4,14H2,(H,11,12)/t8-,9-,10+;/m0./s1. The Balaban J connectivity index is 0.000000541. The van der Waals surface area contributed by atoms with Gasteiger partial charge in [-0.25, -0.2) is 4.79 Å². The van der Waals surface area contributed by atoms with Crippen LogP contribution in [0.5, 0.6) is 5.75 Å². The maximum atomic E-state index is 11.0. The van der Waals surface area contributed by atoms with Gasteiger partial charge in [0.15, 0.2) is 0 Å². The number of rotatable bonds is 13. The van der Waals surface area contributed by atoms with E-state index in [-0.39, 0.29) is 17.8 Å². The molecule has 1 aromatic rings. The van der Waals surface area contributed by atoms with E-state index < -0.39 is 5.97 Å². The number of carbonyl (C=O) groups is 1. The number of carboxylic acid groups (broad SMARTS) is 1. The summed E-state index contributed by atoms with van der Waals surface area (Å²) in [4.78, 5) is 11.0. The van der Waals surface area contributed by atoms with Gasteiger partial charge in [-0.1, -0.05) is 31.2 Å². The number of allylic oxidation sites excluding steroid dienone is 2. The van der Waals surface area contributed by atoms with Crippen LogP contribution in [0.2, 0.25) is 0 Å². The lowest BCUT2D eigenvalue weighted by Gasteiger charge is -2.23. The second-order valence-electron chi connectivity index (χ2n) is 6.43. The SMILES string of the molecule is C=CC[C@H](C)[C@@H](C[C@@H](O)CCOP)OP.C=CCc1cccc(OP)c1C(=O)O. The Labute approximate surface area is 181 Å². The summed E-state index contributed by atoms with van der Waals surface area (Å²) in [6.45, 7) is 9.91. The summed E-state index contributed by atoms with van der Waals surface area (Å²) >= 11 is 0. The minimum absolute atomic E-state index is 0.0486. The van der Waals surface area contributed by atoms with E-state index in [1.807, 2.05) is 15.5 Å². The summed E-state index contributed by atoms with van der Waals surface area (Å²) in [5.74, 6) is -0.270. The largest absolute Gasteiger partial charge is 0.479 e. The average molecular weight is 462 g/mol. The van der Waals surface area contributed by atoms with Gasteiger partial charge in [-0.2, -0.15) is 0 Å². The van der Waals surface area contributed by atoms with Crippen molar-refractivity contribution >= 4 is 34.4 Å². The van der Waals surface area contributed by atoms with Gasteiger partial charge in [-0.05, 0) is 36.8 Å². The van der Waals surface area contributed by atoms with E-state index in [0.717, 1.165) is 6.42 Å². The maximum Gasteiger partial charge on any atom is 0.339 e. The van der Waals surface area contributed by atoms with Crippen LogP contribution in [-0.4, -0.2) is 35.0 Å². The maximum absolute atomic E-state index is 11.0. The van der Waals surface area contributed by atoms with Crippen molar-refractivity contribution in [3.63, 3.8) is 0 Å². The normalized spacial score (nSPS) is 13.4. The van der Waals surface area contributed by atoms with Crippen LogP contribution in [-0.2, 0) is 15.5 Å². The fourth-order valence-electron chi connectivity index (χ4n) is 2.67. The van der Waals surface area contributed by atoms with Crippen molar-refractivity contribution in [2.75, 3.05) is 6.61 Å². The molecule has 0 saturated carbocycles. The van der Waals surface area contributed by atoms with Gasteiger partial charge in [0.2, 0.25) is 0 Å². The van der Waals surface area contributed by atoms with E-state index in [2.05, 4.69) is 39.0 Å². The number of aliphatic hydroxyl groups is 1. The summed E-state index contributed by atoms with van der Waals surface area (Å²) in [6.07, 6.45) is 5.89. The second kappa shape index (κ2) is 16.9. The first kappa shape index (κ1) is 28.1. The molecule has 0 aromatic heterocycles. The highest BCUT2D eigenvalue weighted by Crippen LogP contribution is 2.24. The molecule has 2 N–H and O–H groups in total. The van der Waals surface area contributed by atoms with E-state index in [9.17, 15) is 9.90 Å². The Bertz CT molecular complexity index is 626. The predicted octanol–water partition coefficient (Wildman–Crippen LogP) is 4.60. The Morgan fingerprint density at radius 2 is 1.93 bits per heavy atom. The molecule has 6 nitrogen and oxygen atoms in total. The van der Waals surface area contributed by atoms with E-state index in [1.165, 1.54) is 0 Å².